The number of benzene rings is 1. The molecule has 21 heavy (non-hydrogen) atoms. The topological polar surface area (TPSA) is 70.2 Å². The Morgan fingerprint density at radius 1 is 1.24 bits per heavy atom. The molecule has 0 aliphatic carbocycles. The van der Waals surface area contributed by atoms with Crippen LogP contribution in [0.5, 0.6) is 0 Å². The van der Waals surface area contributed by atoms with E-state index in [1.54, 1.807) is 19.2 Å². The third kappa shape index (κ3) is 4.04. The fourth-order valence-electron chi connectivity index (χ4n) is 2.51. The normalized spacial score (nSPS) is 18.7. The van der Waals surface area contributed by atoms with Crippen LogP contribution in [0.25, 0.3) is 0 Å². The van der Waals surface area contributed by atoms with Gasteiger partial charge in [0, 0.05) is 18.3 Å². The van der Waals surface area contributed by atoms with Crippen LogP contribution in [-0.4, -0.2) is 31.4 Å². The lowest BCUT2D eigenvalue weighted by Crippen LogP contribution is -2.40. The second kappa shape index (κ2) is 7.22. The number of hydrogen-bond donors (Lipinski definition) is 3. The van der Waals surface area contributed by atoms with E-state index in [2.05, 4.69) is 16.0 Å². The molecule has 1 aromatic carbocycles. The van der Waals surface area contributed by atoms with Gasteiger partial charge < -0.3 is 16.0 Å². The Hall–Kier alpha value is -1.88. The van der Waals surface area contributed by atoms with Gasteiger partial charge >= 0.3 is 0 Å². The van der Waals surface area contributed by atoms with E-state index in [4.69, 9.17) is 0 Å². The maximum Gasteiger partial charge on any atom is 0.251 e. The highest BCUT2D eigenvalue weighted by Gasteiger charge is 2.20. The Balaban J connectivity index is 2.10. The Bertz CT molecular complexity index is 520. The molecule has 1 fully saturated rings. The SMILES string of the molecule is CNC(=O)c1ccc(C)c(NC(=O)C2CCCCCN2)c1. The van der Waals surface area contributed by atoms with Crippen LogP contribution in [0.15, 0.2) is 18.2 Å². The summed E-state index contributed by atoms with van der Waals surface area (Å²) in [4.78, 5) is 24.0. The Morgan fingerprint density at radius 3 is 2.81 bits per heavy atom. The molecule has 1 heterocycles. The van der Waals surface area contributed by atoms with Crippen molar-refractivity contribution in [3.8, 4) is 0 Å². The molecule has 0 aromatic heterocycles. The first kappa shape index (κ1) is 15.5. The van der Waals surface area contributed by atoms with Crippen LogP contribution in [0.4, 0.5) is 5.69 Å². The molecule has 0 radical (unpaired) electrons. The van der Waals surface area contributed by atoms with E-state index in [0.29, 0.717) is 11.3 Å². The number of amides is 2. The summed E-state index contributed by atoms with van der Waals surface area (Å²) in [6.45, 7) is 2.80. The zero-order valence-corrected chi connectivity index (χ0v) is 12.7. The van der Waals surface area contributed by atoms with Gasteiger partial charge in [-0.2, -0.15) is 0 Å². The molecule has 0 bridgehead atoms. The molecule has 1 unspecified atom stereocenters. The highest BCUT2D eigenvalue weighted by molar-refractivity contribution is 5.99. The molecule has 5 heteroatoms. The van der Waals surface area contributed by atoms with Gasteiger partial charge in [0.1, 0.15) is 0 Å². The van der Waals surface area contributed by atoms with Gasteiger partial charge in [0.25, 0.3) is 5.91 Å². The van der Waals surface area contributed by atoms with Gasteiger partial charge in [0.2, 0.25) is 5.91 Å². The fraction of sp³-hybridized carbons (Fsp3) is 0.500. The first-order valence-electron chi connectivity index (χ1n) is 7.49. The molecular weight excluding hydrogens is 266 g/mol. The summed E-state index contributed by atoms with van der Waals surface area (Å²) in [5, 5.41) is 8.81. The number of hydrogen-bond acceptors (Lipinski definition) is 3. The molecule has 3 N–H and O–H groups in total. The minimum absolute atomic E-state index is 0.0194. The zero-order chi connectivity index (χ0) is 15.2. The van der Waals surface area contributed by atoms with Crippen molar-refractivity contribution in [2.24, 2.45) is 0 Å². The standard InChI is InChI=1S/C16H23N3O2/c1-11-7-8-12(15(20)17-2)10-14(11)19-16(21)13-6-4-3-5-9-18-13/h7-8,10,13,18H,3-6,9H2,1-2H3,(H,17,20)(H,19,21). The Labute approximate surface area is 125 Å². The summed E-state index contributed by atoms with van der Waals surface area (Å²) in [5.74, 6) is -0.174. The van der Waals surface area contributed by atoms with Gasteiger partial charge in [0.05, 0.1) is 6.04 Å². The quantitative estimate of drug-likeness (QED) is 0.795. The largest absolute Gasteiger partial charge is 0.355 e. The van der Waals surface area contributed by atoms with Gasteiger partial charge in [0.15, 0.2) is 0 Å². The van der Waals surface area contributed by atoms with Gasteiger partial charge in [-0.15, -0.1) is 0 Å². The first-order valence-corrected chi connectivity index (χ1v) is 7.49. The third-order valence-electron chi connectivity index (χ3n) is 3.86. The molecule has 1 atom stereocenters. The molecule has 1 aliphatic heterocycles. The number of carbonyl (C=O) groups is 2. The average molecular weight is 289 g/mol. The van der Waals surface area contributed by atoms with E-state index < -0.39 is 0 Å². The van der Waals surface area contributed by atoms with Crippen molar-refractivity contribution in [3.63, 3.8) is 0 Å². The van der Waals surface area contributed by atoms with Crippen LogP contribution in [0.2, 0.25) is 0 Å². The van der Waals surface area contributed by atoms with E-state index in [9.17, 15) is 9.59 Å². The average Bonchev–Trinajstić information content (AvgIpc) is 2.77. The highest BCUT2D eigenvalue weighted by atomic mass is 16.2. The van der Waals surface area contributed by atoms with E-state index in [1.807, 2.05) is 13.0 Å². The molecule has 0 saturated carbocycles. The minimum Gasteiger partial charge on any atom is -0.355 e. The maximum absolute atomic E-state index is 12.3. The van der Waals surface area contributed by atoms with Crippen molar-refractivity contribution in [2.45, 2.75) is 38.6 Å². The number of aryl methyl sites for hydroxylation is 1. The van der Waals surface area contributed by atoms with Crippen LogP contribution in [0, 0.1) is 6.92 Å². The summed E-state index contributed by atoms with van der Waals surface area (Å²) in [6.07, 6.45) is 4.22. The van der Waals surface area contributed by atoms with E-state index in [-0.39, 0.29) is 17.9 Å². The minimum atomic E-state index is -0.155. The molecular formula is C16H23N3O2. The number of nitrogens with one attached hydrogen (secondary N) is 3. The zero-order valence-electron chi connectivity index (χ0n) is 12.7. The molecule has 2 amide bonds. The van der Waals surface area contributed by atoms with Crippen molar-refractivity contribution in [1.82, 2.24) is 10.6 Å². The molecule has 1 aliphatic rings. The maximum atomic E-state index is 12.3. The molecule has 2 rings (SSSR count). The van der Waals surface area contributed by atoms with Crippen LogP contribution in [0.1, 0.15) is 41.6 Å². The fourth-order valence-corrected chi connectivity index (χ4v) is 2.51. The number of anilines is 1. The van der Waals surface area contributed by atoms with Crippen LogP contribution in [0.3, 0.4) is 0 Å². The number of rotatable bonds is 3. The molecule has 5 nitrogen and oxygen atoms in total. The van der Waals surface area contributed by atoms with Crippen LogP contribution >= 0.6 is 0 Å². The monoisotopic (exact) mass is 289 g/mol. The lowest BCUT2D eigenvalue weighted by molar-refractivity contribution is -0.118. The second-order valence-electron chi connectivity index (χ2n) is 5.45. The van der Waals surface area contributed by atoms with Crippen LogP contribution in [-0.2, 0) is 4.79 Å². The van der Waals surface area contributed by atoms with Gasteiger partial charge in [-0.05, 0) is 44.0 Å². The lowest BCUT2D eigenvalue weighted by atomic mass is 10.1. The van der Waals surface area contributed by atoms with Crippen molar-refractivity contribution in [1.29, 1.82) is 0 Å². The first-order chi connectivity index (χ1) is 10.1. The van der Waals surface area contributed by atoms with Gasteiger partial charge in [-0.1, -0.05) is 18.9 Å². The highest BCUT2D eigenvalue weighted by Crippen LogP contribution is 2.18. The predicted octanol–water partition coefficient (Wildman–Crippen LogP) is 1.83. The summed E-state index contributed by atoms with van der Waals surface area (Å²) in [5.41, 5.74) is 2.20. The molecule has 0 spiro atoms. The summed E-state index contributed by atoms with van der Waals surface area (Å²) in [6, 6.07) is 5.19. The second-order valence-corrected chi connectivity index (χ2v) is 5.45. The van der Waals surface area contributed by atoms with Gasteiger partial charge in [-0.3, -0.25) is 9.59 Å². The van der Waals surface area contributed by atoms with Gasteiger partial charge in [-0.25, -0.2) is 0 Å². The van der Waals surface area contributed by atoms with Crippen LogP contribution < -0.4 is 16.0 Å². The van der Waals surface area contributed by atoms with Crippen molar-refractivity contribution in [2.75, 3.05) is 18.9 Å². The van der Waals surface area contributed by atoms with Crippen molar-refractivity contribution >= 4 is 17.5 Å². The summed E-state index contributed by atoms with van der Waals surface area (Å²) < 4.78 is 0. The molecule has 1 saturated heterocycles. The Morgan fingerprint density at radius 2 is 2.05 bits per heavy atom. The lowest BCUT2D eigenvalue weighted by Gasteiger charge is -2.17. The predicted molar refractivity (Wildman–Crippen MR) is 83.5 cm³/mol. The van der Waals surface area contributed by atoms with E-state index in [0.717, 1.165) is 31.4 Å². The van der Waals surface area contributed by atoms with Crippen molar-refractivity contribution < 1.29 is 9.59 Å². The molecule has 1 aromatic rings. The summed E-state index contributed by atoms with van der Waals surface area (Å²) in [7, 11) is 1.59. The summed E-state index contributed by atoms with van der Waals surface area (Å²) >= 11 is 0. The smallest absolute Gasteiger partial charge is 0.251 e. The van der Waals surface area contributed by atoms with Crippen molar-refractivity contribution in [3.05, 3.63) is 29.3 Å². The molecule has 114 valence electrons. The van der Waals surface area contributed by atoms with E-state index in [1.165, 1.54) is 6.42 Å². The third-order valence-corrected chi connectivity index (χ3v) is 3.86. The van der Waals surface area contributed by atoms with E-state index >= 15 is 0 Å². The number of carbonyl (C=O) groups excluding carboxylic acids is 2. The Kier molecular flexibility index (Phi) is 5.33.